The van der Waals surface area contributed by atoms with E-state index in [0.717, 1.165) is 44.9 Å². The third kappa shape index (κ3) is 45.3. The van der Waals surface area contributed by atoms with Gasteiger partial charge in [-0.05, 0) is 70.6 Å². The fourth-order valence-corrected chi connectivity index (χ4v) is 6.82. The van der Waals surface area contributed by atoms with Crippen LogP contribution in [0.5, 0.6) is 0 Å². The van der Waals surface area contributed by atoms with Crippen LogP contribution >= 0.6 is 7.82 Å². The third-order valence-electron chi connectivity index (χ3n) is 9.81. The summed E-state index contributed by atoms with van der Waals surface area (Å²) in [4.78, 5) is 37.6. The van der Waals surface area contributed by atoms with Gasteiger partial charge >= 0.3 is 11.9 Å². The molecular weight excluding hydrogens is 790 g/mol. The normalized spacial score (nSPS) is 14.7. The van der Waals surface area contributed by atoms with Crippen molar-refractivity contribution in [1.82, 2.24) is 0 Å². The topological polar surface area (TPSA) is 131 Å². The molecule has 10 nitrogen and oxygen atoms in total. The van der Waals surface area contributed by atoms with Gasteiger partial charge in [-0.2, -0.15) is 0 Å². The fraction of sp³-hybridized carbons (Fsp3) is 0.720. The van der Waals surface area contributed by atoms with Gasteiger partial charge in [0.15, 0.2) is 6.10 Å². The summed E-state index contributed by atoms with van der Waals surface area (Å²) >= 11 is 0. The van der Waals surface area contributed by atoms with Gasteiger partial charge in [0.2, 0.25) is 0 Å². The van der Waals surface area contributed by atoms with E-state index in [-0.39, 0.29) is 26.1 Å². The number of carbonyl (C=O) groups is 2. The summed E-state index contributed by atoms with van der Waals surface area (Å²) in [6, 6.07) is 0. The number of hydrogen-bond donors (Lipinski definition) is 1. The maximum atomic E-state index is 12.7. The van der Waals surface area contributed by atoms with Gasteiger partial charge in [-0.1, -0.05) is 164 Å². The van der Waals surface area contributed by atoms with E-state index in [1.165, 1.54) is 83.5 Å². The molecule has 0 aliphatic rings. The standard InChI is InChI=1S/C50H88NO9P/c1-6-8-10-12-14-16-18-20-21-22-23-24-25-27-29-31-33-35-37-41-50(54)60-48(46-59-61(55,56)58-44-43-51(3,4)5)45-57-49(53)42-38-40-47(52)39-36-34-32-30-28-26-19-17-15-13-11-9-7-2/h9,11,15,17,20-21,26,28,32,34,36,39,47-48,52H,6-8,10,12-14,16,18-19,22-25,27,29-31,33,35,37-38,40-46H2,1-5H3/b11-9-,17-15-,21-20-,28-26-,34-32-,39-36+/t47?,48-/m1/s1. The van der Waals surface area contributed by atoms with E-state index in [4.69, 9.17) is 18.5 Å². The van der Waals surface area contributed by atoms with E-state index in [0.29, 0.717) is 30.3 Å². The van der Waals surface area contributed by atoms with E-state index in [1.807, 2.05) is 33.3 Å². The fourth-order valence-electron chi connectivity index (χ4n) is 6.09. The maximum Gasteiger partial charge on any atom is 0.306 e. The smallest absolute Gasteiger partial charge is 0.306 e. The highest BCUT2D eigenvalue weighted by Gasteiger charge is 2.22. The molecule has 0 aliphatic carbocycles. The molecule has 0 saturated heterocycles. The van der Waals surface area contributed by atoms with Crippen LogP contribution in [-0.2, 0) is 32.7 Å². The highest BCUT2D eigenvalue weighted by Crippen LogP contribution is 2.38. The van der Waals surface area contributed by atoms with Crippen LogP contribution in [0.15, 0.2) is 72.9 Å². The number of ether oxygens (including phenoxy) is 2. The minimum absolute atomic E-state index is 0.0430. The summed E-state index contributed by atoms with van der Waals surface area (Å²) in [6.07, 6.45) is 48.2. The van der Waals surface area contributed by atoms with E-state index < -0.39 is 38.6 Å². The molecule has 61 heavy (non-hydrogen) atoms. The average molecular weight is 878 g/mol. The lowest BCUT2D eigenvalue weighted by Gasteiger charge is -2.28. The van der Waals surface area contributed by atoms with Gasteiger partial charge in [0.1, 0.15) is 19.8 Å². The first-order valence-electron chi connectivity index (χ1n) is 23.8. The van der Waals surface area contributed by atoms with Crippen molar-refractivity contribution in [3.63, 3.8) is 0 Å². The Hall–Kier alpha value is -2.59. The van der Waals surface area contributed by atoms with Crippen molar-refractivity contribution in [2.24, 2.45) is 0 Å². The Balaban J connectivity index is 4.49. The summed E-state index contributed by atoms with van der Waals surface area (Å²) in [5, 5.41) is 10.3. The number of carbonyl (C=O) groups excluding carboxylic acids is 2. The Labute approximate surface area is 372 Å². The number of aliphatic hydroxyl groups is 1. The molecule has 0 aliphatic heterocycles. The van der Waals surface area contributed by atoms with Crippen LogP contribution in [0.1, 0.15) is 174 Å². The summed E-state index contributed by atoms with van der Waals surface area (Å²) in [5.74, 6) is -1.04. The van der Waals surface area contributed by atoms with Crippen LogP contribution in [-0.4, -0.2) is 81.2 Å². The Morgan fingerprint density at radius 1 is 0.623 bits per heavy atom. The molecular formula is C50H88NO9P. The van der Waals surface area contributed by atoms with E-state index in [1.54, 1.807) is 12.2 Å². The predicted molar refractivity (Wildman–Crippen MR) is 251 cm³/mol. The molecule has 0 spiro atoms. The van der Waals surface area contributed by atoms with E-state index in [2.05, 4.69) is 62.5 Å². The molecule has 0 aromatic heterocycles. The molecule has 11 heteroatoms. The number of hydrogen-bond acceptors (Lipinski definition) is 9. The molecule has 0 radical (unpaired) electrons. The minimum atomic E-state index is -4.68. The lowest BCUT2D eigenvalue weighted by atomic mass is 10.1. The van der Waals surface area contributed by atoms with E-state index >= 15 is 0 Å². The zero-order valence-corrected chi connectivity index (χ0v) is 40.1. The first-order chi connectivity index (χ1) is 29.4. The number of allylic oxidation sites excluding steroid dienone is 11. The summed E-state index contributed by atoms with van der Waals surface area (Å²) in [7, 11) is 1.05. The zero-order valence-electron chi connectivity index (χ0n) is 39.2. The molecule has 0 heterocycles. The Morgan fingerprint density at radius 2 is 1.15 bits per heavy atom. The number of esters is 2. The molecule has 0 aromatic rings. The molecule has 0 aromatic carbocycles. The number of rotatable bonds is 42. The average Bonchev–Trinajstić information content (AvgIpc) is 3.21. The monoisotopic (exact) mass is 878 g/mol. The number of unbranched alkanes of at least 4 members (excludes halogenated alkanes) is 15. The van der Waals surface area contributed by atoms with Crippen LogP contribution in [0.4, 0.5) is 0 Å². The van der Waals surface area contributed by atoms with Crippen LogP contribution in [0.3, 0.4) is 0 Å². The molecule has 2 unspecified atom stereocenters. The van der Waals surface area contributed by atoms with Crippen molar-refractivity contribution in [2.75, 3.05) is 47.5 Å². The highest BCUT2D eigenvalue weighted by atomic mass is 31.2. The SMILES string of the molecule is CC/C=C\C/C=C\C/C=C\C/C=C\C=C\C(O)CCCC(=O)OC[C@H](COP(=O)([O-])OCC[N+](C)(C)C)OC(=O)CCCCCCCCCCC/C=C\CCCCCCCC. The molecule has 0 amide bonds. The molecule has 1 N–H and O–H groups in total. The zero-order chi connectivity index (χ0) is 45.1. The second-order valence-electron chi connectivity index (χ2n) is 16.9. The number of nitrogens with zero attached hydrogens (tertiary/aromatic N) is 1. The van der Waals surface area contributed by atoms with Gasteiger partial charge in [0.25, 0.3) is 7.82 Å². The van der Waals surface area contributed by atoms with Crippen molar-refractivity contribution < 1.29 is 47.2 Å². The van der Waals surface area contributed by atoms with E-state index in [9.17, 15) is 24.2 Å². The maximum absolute atomic E-state index is 12.7. The number of aliphatic hydroxyl groups excluding tert-OH is 1. The molecule has 0 rings (SSSR count). The lowest BCUT2D eigenvalue weighted by Crippen LogP contribution is -2.37. The Morgan fingerprint density at radius 3 is 1.72 bits per heavy atom. The van der Waals surface area contributed by atoms with Crippen LogP contribution in [0.2, 0.25) is 0 Å². The second kappa shape index (κ2) is 41.4. The van der Waals surface area contributed by atoms with Gasteiger partial charge in [0.05, 0.1) is 33.9 Å². The third-order valence-corrected chi connectivity index (χ3v) is 10.8. The van der Waals surface area contributed by atoms with Crippen LogP contribution in [0.25, 0.3) is 0 Å². The van der Waals surface area contributed by atoms with Gasteiger partial charge in [-0.25, -0.2) is 0 Å². The second-order valence-corrected chi connectivity index (χ2v) is 18.3. The minimum Gasteiger partial charge on any atom is -0.756 e. The van der Waals surface area contributed by atoms with Gasteiger partial charge in [-0.3, -0.25) is 14.2 Å². The van der Waals surface area contributed by atoms with Crippen molar-refractivity contribution in [3.8, 4) is 0 Å². The Bertz CT molecular complexity index is 1280. The van der Waals surface area contributed by atoms with Gasteiger partial charge in [-0.15, -0.1) is 0 Å². The summed E-state index contributed by atoms with van der Waals surface area (Å²) < 4.78 is 33.8. The first kappa shape index (κ1) is 58.4. The highest BCUT2D eigenvalue weighted by molar-refractivity contribution is 7.45. The van der Waals surface area contributed by atoms with Crippen molar-refractivity contribution in [1.29, 1.82) is 0 Å². The summed E-state index contributed by atoms with van der Waals surface area (Å²) in [5.41, 5.74) is 0. The number of quaternary nitrogens is 1. The molecule has 0 saturated carbocycles. The lowest BCUT2D eigenvalue weighted by molar-refractivity contribution is -0.870. The molecule has 0 fully saturated rings. The number of likely N-dealkylation sites (N-methyl/N-ethyl adjacent to an activating group) is 1. The molecule has 3 atom stereocenters. The van der Waals surface area contributed by atoms with Gasteiger partial charge in [0, 0.05) is 12.8 Å². The quantitative estimate of drug-likeness (QED) is 0.0159. The van der Waals surface area contributed by atoms with Crippen molar-refractivity contribution >= 4 is 19.8 Å². The largest absolute Gasteiger partial charge is 0.756 e. The number of phosphoric acid groups is 1. The summed E-state index contributed by atoms with van der Waals surface area (Å²) in [6.45, 7) is 3.88. The predicted octanol–water partition coefficient (Wildman–Crippen LogP) is 12.1. The Kier molecular flexibility index (Phi) is 39.7. The van der Waals surface area contributed by atoms with Crippen LogP contribution in [0, 0.1) is 0 Å². The van der Waals surface area contributed by atoms with Crippen LogP contribution < -0.4 is 4.89 Å². The molecule has 352 valence electrons. The van der Waals surface area contributed by atoms with Gasteiger partial charge < -0.3 is 33.0 Å². The first-order valence-corrected chi connectivity index (χ1v) is 25.2. The number of phosphoric ester groups is 1. The van der Waals surface area contributed by atoms with Crippen molar-refractivity contribution in [3.05, 3.63) is 72.9 Å². The van der Waals surface area contributed by atoms with Crippen molar-refractivity contribution in [2.45, 2.75) is 187 Å². The molecule has 0 bridgehead atoms.